The fourth-order valence-corrected chi connectivity index (χ4v) is 0.611. The van der Waals surface area contributed by atoms with Gasteiger partial charge in [0.1, 0.15) is 5.60 Å². The van der Waals surface area contributed by atoms with E-state index in [4.69, 9.17) is 4.74 Å². The molecule has 1 atom stereocenters. The molecule has 1 amide bonds. The van der Waals surface area contributed by atoms with Crippen LogP contribution in [0.25, 0.3) is 0 Å². The first-order valence-electron chi connectivity index (χ1n) is 5.34. The lowest BCUT2D eigenvalue weighted by Gasteiger charge is -2.21. The van der Waals surface area contributed by atoms with Gasteiger partial charge in [-0.15, -0.1) is 0 Å². The second-order valence-electron chi connectivity index (χ2n) is 3.96. The molecule has 0 aromatic heterocycles. The largest absolute Gasteiger partial charge is 0.444 e. The summed E-state index contributed by atoms with van der Waals surface area (Å²) in [6.07, 6.45) is 0.580. The summed E-state index contributed by atoms with van der Waals surface area (Å²) in [5.74, 6) is 0. The molecule has 14 heavy (non-hydrogen) atoms. The standard InChI is InChI=1S/C9H19NO2.C2H6/c1-6-7(2)10-8(11)12-9(3,4)5;1-2/h7H,6H2,1-5H3,(H,10,11);1-2H3/t7-;/m0./s1. The van der Waals surface area contributed by atoms with Crippen LogP contribution in [0.2, 0.25) is 0 Å². The van der Waals surface area contributed by atoms with Gasteiger partial charge in [0, 0.05) is 6.04 Å². The summed E-state index contributed by atoms with van der Waals surface area (Å²) in [7, 11) is 0. The van der Waals surface area contributed by atoms with Crippen LogP contribution in [-0.2, 0) is 4.74 Å². The number of amides is 1. The number of carbonyl (C=O) groups is 1. The van der Waals surface area contributed by atoms with Crippen molar-refractivity contribution in [1.82, 2.24) is 5.32 Å². The Hall–Kier alpha value is -0.730. The van der Waals surface area contributed by atoms with Gasteiger partial charge in [0.05, 0.1) is 0 Å². The lowest BCUT2D eigenvalue weighted by atomic mass is 10.2. The second kappa shape index (κ2) is 7.65. The van der Waals surface area contributed by atoms with Crippen molar-refractivity contribution in [2.75, 3.05) is 0 Å². The van der Waals surface area contributed by atoms with Gasteiger partial charge in [-0.3, -0.25) is 0 Å². The number of carbonyl (C=O) groups excluding carboxylic acids is 1. The maximum atomic E-state index is 11.1. The van der Waals surface area contributed by atoms with Gasteiger partial charge < -0.3 is 10.1 Å². The van der Waals surface area contributed by atoms with Crippen molar-refractivity contribution in [3.63, 3.8) is 0 Å². The van der Waals surface area contributed by atoms with Crippen LogP contribution in [0.3, 0.4) is 0 Å². The minimum atomic E-state index is -0.405. The zero-order valence-corrected chi connectivity index (χ0v) is 10.6. The van der Waals surface area contributed by atoms with E-state index < -0.39 is 5.60 Å². The third-order valence-corrected chi connectivity index (χ3v) is 1.38. The molecule has 0 bridgehead atoms. The summed E-state index contributed by atoms with van der Waals surface area (Å²) in [6.45, 7) is 13.5. The topological polar surface area (TPSA) is 38.3 Å². The molecule has 0 aromatic rings. The fraction of sp³-hybridized carbons (Fsp3) is 0.909. The highest BCUT2D eigenvalue weighted by Gasteiger charge is 2.16. The highest BCUT2D eigenvalue weighted by atomic mass is 16.6. The normalized spacial score (nSPS) is 12.2. The number of ether oxygens (including phenoxy) is 1. The first kappa shape index (κ1) is 15.7. The van der Waals surface area contributed by atoms with Gasteiger partial charge in [-0.2, -0.15) is 0 Å². The van der Waals surface area contributed by atoms with E-state index in [1.165, 1.54) is 0 Å². The zero-order chi connectivity index (χ0) is 11.8. The predicted molar refractivity (Wildman–Crippen MR) is 60.5 cm³/mol. The molecular weight excluding hydrogens is 178 g/mol. The molecule has 1 N–H and O–H groups in total. The lowest BCUT2D eigenvalue weighted by Crippen LogP contribution is -2.37. The minimum Gasteiger partial charge on any atom is -0.444 e. The average Bonchev–Trinajstić information content (AvgIpc) is 2.04. The van der Waals surface area contributed by atoms with Crippen LogP contribution in [0.4, 0.5) is 4.79 Å². The van der Waals surface area contributed by atoms with Crippen LogP contribution in [0.1, 0.15) is 54.9 Å². The highest BCUT2D eigenvalue weighted by molar-refractivity contribution is 5.67. The number of hydrogen-bond acceptors (Lipinski definition) is 2. The molecule has 0 saturated heterocycles. The molecule has 86 valence electrons. The number of nitrogens with one attached hydrogen (secondary N) is 1. The van der Waals surface area contributed by atoms with E-state index in [-0.39, 0.29) is 12.1 Å². The maximum Gasteiger partial charge on any atom is 0.407 e. The molecule has 0 heterocycles. The van der Waals surface area contributed by atoms with E-state index in [0.29, 0.717) is 0 Å². The van der Waals surface area contributed by atoms with Crippen LogP contribution in [-0.4, -0.2) is 17.7 Å². The summed E-state index contributed by atoms with van der Waals surface area (Å²) in [6, 6.07) is 0.180. The van der Waals surface area contributed by atoms with Crippen molar-refractivity contribution >= 4 is 6.09 Å². The molecule has 0 rings (SSSR count). The van der Waals surface area contributed by atoms with E-state index in [0.717, 1.165) is 6.42 Å². The molecule has 0 fully saturated rings. The van der Waals surface area contributed by atoms with Gasteiger partial charge in [0.15, 0.2) is 0 Å². The molecule has 3 heteroatoms. The monoisotopic (exact) mass is 203 g/mol. The van der Waals surface area contributed by atoms with Crippen molar-refractivity contribution in [3.8, 4) is 0 Å². The van der Waals surface area contributed by atoms with Gasteiger partial charge >= 0.3 is 6.09 Å². The fourth-order valence-electron chi connectivity index (χ4n) is 0.611. The molecule has 0 aliphatic carbocycles. The lowest BCUT2D eigenvalue weighted by molar-refractivity contribution is 0.0507. The van der Waals surface area contributed by atoms with E-state index in [9.17, 15) is 4.79 Å². The van der Waals surface area contributed by atoms with Crippen LogP contribution >= 0.6 is 0 Å². The number of alkyl carbamates (subject to hydrolysis) is 1. The molecule has 0 spiro atoms. The minimum absolute atomic E-state index is 0.180. The van der Waals surface area contributed by atoms with E-state index in [1.54, 1.807) is 0 Å². The average molecular weight is 203 g/mol. The Morgan fingerprint density at radius 2 is 1.79 bits per heavy atom. The number of rotatable bonds is 2. The summed E-state index contributed by atoms with van der Waals surface area (Å²) in [5, 5.41) is 2.72. The molecular formula is C11H25NO2. The Bertz CT molecular complexity index is 150. The summed E-state index contributed by atoms with van der Waals surface area (Å²) in [4.78, 5) is 11.1. The SMILES string of the molecule is CC.CC[C@H](C)NC(=O)OC(C)(C)C. The molecule has 3 nitrogen and oxygen atoms in total. The zero-order valence-electron chi connectivity index (χ0n) is 10.6. The van der Waals surface area contributed by atoms with Gasteiger partial charge in [-0.05, 0) is 34.1 Å². The first-order chi connectivity index (χ1) is 6.35. The van der Waals surface area contributed by atoms with Gasteiger partial charge in [0.2, 0.25) is 0 Å². The van der Waals surface area contributed by atoms with Crippen LogP contribution in [0, 0.1) is 0 Å². The highest BCUT2D eigenvalue weighted by Crippen LogP contribution is 2.06. The molecule has 0 aliphatic heterocycles. The Labute approximate surface area is 88.2 Å². The Morgan fingerprint density at radius 1 is 1.36 bits per heavy atom. The molecule has 0 aliphatic rings. The van der Waals surface area contributed by atoms with Crippen LogP contribution < -0.4 is 5.32 Å². The smallest absolute Gasteiger partial charge is 0.407 e. The maximum absolute atomic E-state index is 11.1. The third-order valence-electron chi connectivity index (χ3n) is 1.38. The first-order valence-corrected chi connectivity index (χ1v) is 5.34. The van der Waals surface area contributed by atoms with E-state index in [2.05, 4.69) is 5.32 Å². The van der Waals surface area contributed by atoms with Gasteiger partial charge in [0.25, 0.3) is 0 Å². The predicted octanol–water partition coefficient (Wildman–Crippen LogP) is 3.34. The second-order valence-corrected chi connectivity index (χ2v) is 3.96. The quantitative estimate of drug-likeness (QED) is 0.747. The van der Waals surface area contributed by atoms with E-state index >= 15 is 0 Å². The van der Waals surface area contributed by atoms with E-state index in [1.807, 2.05) is 48.5 Å². The van der Waals surface area contributed by atoms with Crippen molar-refractivity contribution < 1.29 is 9.53 Å². The van der Waals surface area contributed by atoms with Crippen molar-refractivity contribution in [1.29, 1.82) is 0 Å². The summed E-state index contributed by atoms with van der Waals surface area (Å²) >= 11 is 0. The number of hydrogen-bond donors (Lipinski definition) is 1. The molecule has 0 aromatic carbocycles. The molecule has 0 saturated carbocycles. The third kappa shape index (κ3) is 11.3. The van der Waals surface area contributed by atoms with Gasteiger partial charge in [-0.1, -0.05) is 20.8 Å². The molecule has 0 unspecified atom stereocenters. The van der Waals surface area contributed by atoms with Gasteiger partial charge in [-0.25, -0.2) is 4.79 Å². The summed E-state index contributed by atoms with van der Waals surface area (Å²) in [5.41, 5.74) is -0.405. The van der Waals surface area contributed by atoms with Crippen molar-refractivity contribution in [2.24, 2.45) is 0 Å². The van der Waals surface area contributed by atoms with Crippen LogP contribution in [0.5, 0.6) is 0 Å². The summed E-state index contributed by atoms with van der Waals surface area (Å²) < 4.78 is 5.06. The van der Waals surface area contributed by atoms with Crippen molar-refractivity contribution in [3.05, 3.63) is 0 Å². The molecule has 0 radical (unpaired) electrons. The van der Waals surface area contributed by atoms with Crippen molar-refractivity contribution in [2.45, 2.75) is 66.5 Å². The Kier molecular flexibility index (Phi) is 8.60. The van der Waals surface area contributed by atoms with Crippen LogP contribution in [0.15, 0.2) is 0 Å². The Balaban J connectivity index is 0. The Morgan fingerprint density at radius 3 is 2.07 bits per heavy atom.